The van der Waals surface area contributed by atoms with Gasteiger partial charge in [-0.15, -0.1) is 0 Å². The molecule has 0 aliphatic carbocycles. The Balaban J connectivity index is 2.15. The summed E-state index contributed by atoms with van der Waals surface area (Å²) >= 11 is 6.01. The monoisotopic (exact) mass is 267 g/mol. The molecule has 1 aromatic carbocycles. The lowest BCUT2D eigenvalue weighted by atomic mass is 10.2. The SMILES string of the molecule is CCNCc1nccn1Cc1ccc(F)cc1Cl. The average Bonchev–Trinajstić information content (AvgIpc) is 2.77. The van der Waals surface area contributed by atoms with Gasteiger partial charge in [0.05, 0.1) is 13.1 Å². The Morgan fingerprint density at radius 3 is 3.00 bits per heavy atom. The Morgan fingerprint density at radius 1 is 1.44 bits per heavy atom. The summed E-state index contributed by atoms with van der Waals surface area (Å²) in [7, 11) is 0. The quantitative estimate of drug-likeness (QED) is 0.903. The third-order valence-electron chi connectivity index (χ3n) is 2.69. The summed E-state index contributed by atoms with van der Waals surface area (Å²) < 4.78 is 15.0. The number of hydrogen-bond acceptors (Lipinski definition) is 2. The lowest BCUT2D eigenvalue weighted by molar-refractivity contribution is 0.623. The van der Waals surface area contributed by atoms with Crippen molar-refractivity contribution < 1.29 is 4.39 Å². The van der Waals surface area contributed by atoms with Crippen LogP contribution in [0, 0.1) is 5.82 Å². The summed E-state index contributed by atoms with van der Waals surface area (Å²) in [5.74, 6) is 0.625. The van der Waals surface area contributed by atoms with Gasteiger partial charge >= 0.3 is 0 Å². The molecule has 96 valence electrons. The van der Waals surface area contributed by atoms with Crippen LogP contribution in [0.1, 0.15) is 18.3 Å². The molecule has 0 spiro atoms. The highest BCUT2D eigenvalue weighted by Gasteiger charge is 2.06. The Kier molecular flexibility index (Phi) is 4.33. The molecule has 0 unspecified atom stereocenters. The minimum atomic E-state index is -0.317. The van der Waals surface area contributed by atoms with Gasteiger partial charge in [-0.05, 0) is 24.2 Å². The van der Waals surface area contributed by atoms with Crippen molar-refractivity contribution in [2.24, 2.45) is 0 Å². The molecule has 0 saturated carbocycles. The van der Waals surface area contributed by atoms with Gasteiger partial charge in [-0.25, -0.2) is 9.37 Å². The standard InChI is InChI=1S/C13H15ClFN3/c1-2-16-8-13-17-5-6-18(13)9-10-3-4-11(15)7-12(10)14/h3-7,16H,2,8-9H2,1H3. The maximum Gasteiger partial charge on any atom is 0.124 e. The fourth-order valence-electron chi connectivity index (χ4n) is 1.72. The molecule has 0 radical (unpaired) electrons. The van der Waals surface area contributed by atoms with Crippen LogP contribution in [0.4, 0.5) is 4.39 Å². The van der Waals surface area contributed by atoms with Gasteiger partial charge in [0, 0.05) is 17.4 Å². The molecule has 1 aromatic heterocycles. The average molecular weight is 268 g/mol. The van der Waals surface area contributed by atoms with E-state index in [4.69, 9.17) is 11.6 Å². The second kappa shape index (κ2) is 5.98. The predicted molar refractivity (Wildman–Crippen MR) is 70.1 cm³/mol. The number of hydrogen-bond donors (Lipinski definition) is 1. The largest absolute Gasteiger partial charge is 0.329 e. The van der Waals surface area contributed by atoms with Crippen molar-refractivity contribution in [2.45, 2.75) is 20.0 Å². The first-order valence-electron chi connectivity index (χ1n) is 5.85. The fraction of sp³-hybridized carbons (Fsp3) is 0.308. The maximum atomic E-state index is 13.0. The van der Waals surface area contributed by atoms with E-state index in [1.165, 1.54) is 12.1 Å². The van der Waals surface area contributed by atoms with Gasteiger partial charge in [-0.1, -0.05) is 24.6 Å². The Bertz CT molecular complexity index is 525. The maximum absolute atomic E-state index is 13.0. The van der Waals surface area contributed by atoms with Crippen molar-refractivity contribution in [3.8, 4) is 0 Å². The second-order valence-electron chi connectivity index (χ2n) is 3.99. The minimum absolute atomic E-state index is 0.317. The number of imidazole rings is 1. The molecule has 2 aromatic rings. The number of halogens is 2. The molecule has 0 amide bonds. The van der Waals surface area contributed by atoms with E-state index in [2.05, 4.69) is 10.3 Å². The van der Waals surface area contributed by atoms with Gasteiger partial charge in [-0.2, -0.15) is 0 Å². The number of aromatic nitrogens is 2. The van der Waals surface area contributed by atoms with E-state index in [0.717, 1.165) is 17.9 Å². The molecular formula is C13H15ClFN3. The van der Waals surface area contributed by atoms with E-state index in [1.54, 1.807) is 12.3 Å². The second-order valence-corrected chi connectivity index (χ2v) is 4.39. The molecule has 0 saturated heterocycles. The highest BCUT2D eigenvalue weighted by atomic mass is 35.5. The molecule has 5 heteroatoms. The predicted octanol–water partition coefficient (Wildman–Crippen LogP) is 2.83. The molecule has 3 nitrogen and oxygen atoms in total. The third kappa shape index (κ3) is 3.09. The summed E-state index contributed by atoms with van der Waals surface area (Å²) in [6, 6.07) is 4.45. The van der Waals surface area contributed by atoms with Crippen molar-refractivity contribution in [3.05, 3.63) is 52.8 Å². The van der Waals surface area contributed by atoms with Gasteiger partial charge in [0.1, 0.15) is 11.6 Å². The topological polar surface area (TPSA) is 29.9 Å². The van der Waals surface area contributed by atoms with Gasteiger partial charge in [-0.3, -0.25) is 0 Å². The van der Waals surface area contributed by atoms with Crippen LogP contribution >= 0.6 is 11.6 Å². The van der Waals surface area contributed by atoms with Crippen LogP contribution in [-0.2, 0) is 13.1 Å². The zero-order valence-electron chi connectivity index (χ0n) is 10.2. The van der Waals surface area contributed by atoms with E-state index in [-0.39, 0.29) is 5.82 Å². The Labute approximate surface area is 111 Å². The summed E-state index contributed by atoms with van der Waals surface area (Å²) in [6.07, 6.45) is 3.65. The van der Waals surface area contributed by atoms with Crippen LogP contribution in [0.15, 0.2) is 30.6 Å². The van der Waals surface area contributed by atoms with Crippen LogP contribution in [-0.4, -0.2) is 16.1 Å². The number of nitrogens with one attached hydrogen (secondary N) is 1. The lowest BCUT2D eigenvalue weighted by Crippen LogP contribution is -2.16. The van der Waals surface area contributed by atoms with Gasteiger partial charge in [0.25, 0.3) is 0 Å². The van der Waals surface area contributed by atoms with Crippen LogP contribution < -0.4 is 5.32 Å². The molecule has 0 bridgehead atoms. The number of rotatable bonds is 5. The van der Waals surface area contributed by atoms with E-state index in [0.29, 0.717) is 18.1 Å². The van der Waals surface area contributed by atoms with Crippen molar-refractivity contribution in [1.29, 1.82) is 0 Å². The molecular weight excluding hydrogens is 253 g/mol. The minimum Gasteiger partial charge on any atom is -0.329 e. The summed E-state index contributed by atoms with van der Waals surface area (Å²) in [6.45, 7) is 4.25. The van der Waals surface area contributed by atoms with Gasteiger partial charge in [0.15, 0.2) is 0 Å². The van der Waals surface area contributed by atoms with Crippen LogP contribution in [0.3, 0.4) is 0 Å². The normalized spacial score (nSPS) is 10.8. The molecule has 0 aliphatic rings. The molecule has 0 fully saturated rings. The van der Waals surface area contributed by atoms with Crippen molar-refractivity contribution >= 4 is 11.6 Å². The number of benzene rings is 1. The molecule has 1 heterocycles. The van der Waals surface area contributed by atoms with E-state index < -0.39 is 0 Å². The lowest BCUT2D eigenvalue weighted by Gasteiger charge is -2.09. The van der Waals surface area contributed by atoms with Crippen molar-refractivity contribution in [2.75, 3.05) is 6.54 Å². The van der Waals surface area contributed by atoms with E-state index in [1.807, 2.05) is 17.7 Å². The highest BCUT2D eigenvalue weighted by molar-refractivity contribution is 6.31. The van der Waals surface area contributed by atoms with Crippen LogP contribution in [0.25, 0.3) is 0 Å². The molecule has 1 N–H and O–H groups in total. The first-order chi connectivity index (χ1) is 8.70. The first-order valence-corrected chi connectivity index (χ1v) is 6.23. The van der Waals surface area contributed by atoms with E-state index in [9.17, 15) is 4.39 Å². The Morgan fingerprint density at radius 2 is 2.28 bits per heavy atom. The summed E-state index contributed by atoms with van der Waals surface area (Å²) in [5, 5.41) is 3.67. The molecule has 18 heavy (non-hydrogen) atoms. The van der Waals surface area contributed by atoms with E-state index >= 15 is 0 Å². The summed E-state index contributed by atoms with van der Waals surface area (Å²) in [5.41, 5.74) is 0.883. The molecule has 0 aliphatic heterocycles. The Hall–Kier alpha value is -1.39. The molecule has 0 atom stereocenters. The number of nitrogens with zero attached hydrogens (tertiary/aromatic N) is 2. The van der Waals surface area contributed by atoms with Crippen molar-refractivity contribution in [1.82, 2.24) is 14.9 Å². The highest BCUT2D eigenvalue weighted by Crippen LogP contribution is 2.18. The van der Waals surface area contributed by atoms with Crippen LogP contribution in [0.2, 0.25) is 5.02 Å². The van der Waals surface area contributed by atoms with Gasteiger partial charge in [0.2, 0.25) is 0 Å². The zero-order valence-corrected chi connectivity index (χ0v) is 10.9. The van der Waals surface area contributed by atoms with Crippen molar-refractivity contribution in [3.63, 3.8) is 0 Å². The fourth-order valence-corrected chi connectivity index (χ4v) is 1.95. The van der Waals surface area contributed by atoms with Crippen LogP contribution in [0.5, 0.6) is 0 Å². The zero-order chi connectivity index (χ0) is 13.0. The first kappa shape index (κ1) is 13.1. The third-order valence-corrected chi connectivity index (χ3v) is 3.04. The molecule has 2 rings (SSSR count). The summed E-state index contributed by atoms with van der Waals surface area (Å²) in [4.78, 5) is 4.28. The smallest absolute Gasteiger partial charge is 0.124 e. The van der Waals surface area contributed by atoms with Gasteiger partial charge < -0.3 is 9.88 Å².